The number of esters is 1. The maximum atomic E-state index is 12.8. The Morgan fingerprint density at radius 3 is 2.97 bits per heavy atom. The molecular formula is C21H19ClN4O4S. The van der Waals surface area contributed by atoms with Crippen molar-refractivity contribution >= 4 is 35.4 Å². The van der Waals surface area contributed by atoms with E-state index in [9.17, 15) is 9.59 Å². The maximum absolute atomic E-state index is 12.8. The van der Waals surface area contributed by atoms with Gasteiger partial charge in [0.15, 0.2) is 5.16 Å². The SMILES string of the molecule is CCOC(=O)C1=C(CSc2nccn2-c2cccc(Cl)c2)NC(=O)NC1c1ccco1. The van der Waals surface area contributed by atoms with Crippen LogP contribution in [-0.2, 0) is 9.53 Å². The predicted octanol–water partition coefficient (Wildman–Crippen LogP) is 4.08. The zero-order valence-electron chi connectivity index (χ0n) is 16.5. The number of ether oxygens (including phenoxy) is 1. The van der Waals surface area contributed by atoms with Crippen molar-refractivity contribution in [1.29, 1.82) is 0 Å². The first kappa shape index (κ1) is 21.1. The van der Waals surface area contributed by atoms with Crippen molar-refractivity contribution in [3.63, 3.8) is 0 Å². The highest BCUT2D eigenvalue weighted by Crippen LogP contribution is 2.31. The Morgan fingerprint density at radius 2 is 2.23 bits per heavy atom. The minimum Gasteiger partial charge on any atom is -0.467 e. The van der Waals surface area contributed by atoms with Gasteiger partial charge in [0.25, 0.3) is 0 Å². The van der Waals surface area contributed by atoms with Crippen molar-refractivity contribution in [3.8, 4) is 5.69 Å². The molecule has 1 aliphatic heterocycles. The number of hydrogen-bond acceptors (Lipinski definition) is 6. The number of carbonyl (C=O) groups is 2. The maximum Gasteiger partial charge on any atom is 0.338 e. The average Bonchev–Trinajstić information content (AvgIpc) is 3.44. The van der Waals surface area contributed by atoms with E-state index in [1.807, 2.05) is 29.0 Å². The van der Waals surface area contributed by atoms with E-state index >= 15 is 0 Å². The summed E-state index contributed by atoms with van der Waals surface area (Å²) in [6.45, 7) is 1.94. The van der Waals surface area contributed by atoms with Crippen LogP contribution in [0.25, 0.3) is 5.69 Å². The largest absolute Gasteiger partial charge is 0.467 e. The summed E-state index contributed by atoms with van der Waals surface area (Å²) in [4.78, 5) is 29.4. The van der Waals surface area contributed by atoms with Crippen LogP contribution in [0, 0.1) is 0 Å². The molecule has 1 aliphatic rings. The van der Waals surface area contributed by atoms with E-state index in [-0.39, 0.29) is 12.4 Å². The van der Waals surface area contributed by atoms with Gasteiger partial charge < -0.3 is 19.8 Å². The number of urea groups is 1. The number of hydrogen-bond donors (Lipinski definition) is 2. The summed E-state index contributed by atoms with van der Waals surface area (Å²) in [5.74, 6) is 0.210. The number of thioether (sulfide) groups is 1. The molecule has 0 saturated heterocycles. The van der Waals surface area contributed by atoms with Gasteiger partial charge in [0.2, 0.25) is 0 Å². The minimum absolute atomic E-state index is 0.209. The Labute approximate surface area is 187 Å². The van der Waals surface area contributed by atoms with Gasteiger partial charge >= 0.3 is 12.0 Å². The predicted molar refractivity (Wildman–Crippen MR) is 116 cm³/mol. The zero-order valence-corrected chi connectivity index (χ0v) is 18.1. The quantitative estimate of drug-likeness (QED) is 0.409. The third-order valence-electron chi connectivity index (χ3n) is 4.52. The number of amides is 2. The molecular weight excluding hydrogens is 440 g/mol. The van der Waals surface area contributed by atoms with E-state index in [0.29, 0.717) is 27.2 Å². The molecule has 160 valence electrons. The lowest BCUT2D eigenvalue weighted by Crippen LogP contribution is -2.46. The first-order chi connectivity index (χ1) is 15.1. The number of halogens is 1. The Morgan fingerprint density at radius 1 is 1.35 bits per heavy atom. The Balaban J connectivity index is 1.65. The number of nitrogens with zero attached hydrogens (tertiary/aromatic N) is 2. The molecule has 1 unspecified atom stereocenters. The molecule has 0 fully saturated rings. The molecule has 2 aromatic heterocycles. The van der Waals surface area contributed by atoms with Crippen molar-refractivity contribution in [3.05, 3.63) is 77.1 Å². The second-order valence-corrected chi connectivity index (χ2v) is 7.89. The minimum atomic E-state index is -0.744. The van der Waals surface area contributed by atoms with Crippen molar-refractivity contribution in [1.82, 2.24) is 20.2 Å². The molecule has 31 heavy (non-hydrogen) atoms. The fraction of sp³-hybridized carbons (Fsp3) is 0.190. The Kier molecular flexibility index (Phi) is 6.34. The van der Waals surface area contributed by atoms with Crippen LogP contribution >= 0.6 is 23.4 Å². The summed E-state index contributed by atoms with van der Waals surface area (Å²) in [6.07, 6.45) is 4.99. The van der Waals surface area contributed by atoms with Crippen LogP contribution in [0.5, 0.6) is 0 Å². The first-order valence-corrected chi connectivity index (χ1v) is 10.9. The van der Waals surface area contributed by atoms with Gasteiger partial charge in [-0.15, -0.1) is 0 Å². The topological polar surface area (TPSA) is 98.4 Å². The number of aromatic nitrogens is 2. The van der Waals surface area contributed by atoms with Gasteiger partial charge in [-0.25, -0.2) is 14.6 Å². The van der Waals surface area contributed by atoms with Crippen molar-refractivity contribution in [2.75, 3.05) is 12.4 Å². The van der Waals surface area contributed by atoms with Gasteiger partial charge in [-0.3, -0.25) is 4.57 Å². The second-order valence-electron chi connectivity index (χ2n) is 6.51. The van der Waals surface area contributed by atoms with Crippen LogP contribution in [0.15, 0.2) is 75.9 Å². The third kappa shape index (κ3) is 4.62. The molecule has 0 spiro atoms. The molecule has 0 bridgehead atoms. The van der Waals surface area contributed by atoms with E-state index in [0.717, 1.165) is 5.69 Å². The molecule has 10 heteroatoms. The number of furan rings is 1. The second kappa shape index (κ2) is 9.32. The number of rotatable bonds is 7. The lowest BCUT2D eigenvalue weighted by Gasteiger charge is -2.27. The highest BCUT2D eigenvalue weighted by molar-refractivity contribution is 7.99. The fourth-order valence-corrected chi connectivity index (χ4v) is 4.33. The molecule has 2 N–H and O–H groups in total. The fourth-order valence-electron chi connectivity index (χ4n) is 3.21. The Bertz CT molecular complexity index is 1130. The van der Waals surface area contributed by atoms with Gasteiger partial charge in [0.1, 0.15) is 11.8 Å². The summed E-state index contributed by atoms with van der Waals surface area (Å²) < 4.78 is 12.6. The van der Waals surface area contributed by atoms with Crippen LogP contribution < -0.4 is 10.6 Å². The van der Waals surface area contributed by atoms with Gasteiger partial charge in [0.05, 0.1) is 18.4 Å². The smallest absolute Gasteiger partial charge is 0.338 e. The molecule has 4 rings (SSSR count). The number of benzene rings is 1. The summed E-state index contributed by atoms with van der Waals surface area (Å²) in [6, 6.07) is 9.62. The Hall–Kier alpha value is -3.17. The van der Waals surface area contributed by atoms with Gasteiger partial charge in [-0.1, -0.05) is 29.4 Å². The highest BCUT2D eigenvalue weighted by Gasteiger charge is 2.35. The van der Waals surface area contributed by atoms with Crippen LogP contribution in [0.2, 0.25) is 5.02 Å². The van der Waals surface area contributed by atoms with E-state index in [4.69, 9.17) is 20.8 Å². The number of carbonyl (C=O) groups excluding carboxylic acids is 2. The molecule has 1 aromatic carbocycles. The lowest BCUT2D eigenvalue weighted by atomic mass is 10.0. The first-order valence-electron chi connectivity index (χ1n) is 9.50. The number of nitrogens with one attached hydrogen (secondary N) is 2. The van der Waals surface area contributed by atoms with Crippen LogP contribution in [0.4, 0.5) is 4.79 Å². The van der Waals surface area contributed by atoms with Gasteiger partial charge in [-0.2, -0.15) is 0 Å². The van der Waals surface area contributed by atoms with E-state index in [1.54, 1.807) is 31.3 Å². The highest BCUT2D eigenvalue weighted by atomic mass is 35.5. The summed E-state index contributed by atoms with van der Waals surface area (Å²) in [7, 11) is 0. The summed E-state index contributed by atoms with van der Waals surface area (Å²) in [5.41, 5.74) is 1.59. The molecule has 3 heterocycles. The normalized spacial score (nSPS) is 16.1. The molecule has 8 nitrogen and oxygen atoms in total. The standard InChI is InChI=1S/C21H19ClN4O4S/c1-2-29-19(27)17-15(24-20(28)25-18(17)16-7-4-10-30-16)12-31-21-23-8-9-26(21)14-6-3-5-13(22)11-14/h3-11,18H,2,12H2,1H3,(H2,24,25,28). The van der Waals surface area contributed by atoms with Gasteiger partial charge in [0, 0.05) is 34.6 Å². The average molecular weight is 459 g/mol. The summed E-state index contributed by atoms with van der Waals surface area (Å²) in [5, 5.41) is 6.76. The van der Waals surface area contributed by atoms with Crippen LogP contribution in [-0.4, -0.2) is 33.9 Å². The molecule has 0 aliphatic carbocycles. The lowest BCUT2D eigenvalue weighted by molar-refractivity contribution is -0.139. The third-order valence-corrected chi connectivity index (χ3v) is 5.74. The molecule has 1 atom stereocenters. The molecule has 0 saturated carbocycles. The van der Waals surface area contributed by atoms with Crippen LogP contribution in [0.1, 0.15) is 18.7 Å². The molecule has 3 aromatic rings. The van der Waals surface area contributed by atoms with Crippen LogP contribution in [0.3, 0.4) is 0 Å². The molecule has 2 amide bonds. The van der Waals surface area contributed by atoms with Gasteiger partial charge in [-0.05, 0) is 37.3 Å². The van der Waals surface area contributed by atoms with E-state index in [1.165, 1.54) is 18.0 Å². The monoisotopic (exact) mass is 458 g/mol. The van der Waals surface area contributed by atoms with Crippen molar-refractivity contribution in [2.24, 2.45) is 0 Å². The van der Waals surface area contributed by atoms with Crippen molar-refractivity contribution < 1.29 is 18.7 Å². The van der Waals surface area contributed by atoms with E-state index < -0.39 is 18.0 Å². The van der Waals surface area contributed by atoms with Crippen molar-refractivity contribution in [2.45, 2.75) is 18.1 Å². The number of imidazole rings is 1. The van der Waals surface area contributed by atoms with E-state index in [2.05, 4.69) is 15.6 Å². The summed E-state index contributed by atoms with van der Waals surface area (Å²) >= 11 is 7.49. The zero-order chi connectivity index (χ0) is 21.8. The molecule has 0 radical (unpaired) electrons.